The average molecular weight is 306 g/mol. The van der Waals surface area contributed by atoms with Crippen LogP contribution in [0.2, 0.25) is 0 Å². The molecule has 0 aliphatic heterocycles. The standard InChI is InChI=1S/C16H19O2PS/c17-13-8-4-10-15(13)19(20,12-6-2-1-3-7-12)16-11-5-9-14(16)18/h1-3,6-7,15-16H,4-5,8-11H2. The molecule has 1 aromatic rings. The van der Waals surface area contributed by atoms with Gasteiger partial charge < -0.3 is 0 Å². The molecule has 2 nitrogen and oxygen atoms in total. The van der Waals surface area contributed by atoms with E-state index in [9.17, 15) is 9.59 Å². The summed E-state index contributed by atoms with van der Waals surface area (Å²) in [6, 6.07) is 7.87. The monoisotopic (exact) mass is 306 g/mol. The summed E-state index contributed by atoms with van der Waals surface area (Å²) >= 11 is 6.11. The minimum Gasteiger partial charge on any atom is -0.299 e. The third-order valence-corrected chi connectivity index (χ3v) is 10.8. The number of Topliss-reactive ketones (excluding diaryl/α,β-unsaturated/α-hetero) is 2. The van der Waals surface area contributed by atoms with E-state index in [1.165, 1.54) is 0 Å². The van der Waals surface area contributed by atoms with Crippen molar-refractivity contribution < 1.29 is 9.59 Å². The second kappa shape index (κ2) is 5.54. The molecular formula is C16H19O2PS. The lowest BCUT2D eigenvalue weighted by Gasteiger charge is -2.32. The van der Waals surface area contributed by atoms with E-state index in [4.69, 9.17) is 11.8 Å². The summed E-state index contributed by atoms with van der Waals surface area (Å²) in [6.45, 7) is 0. The fourth-order valence-electron chi connectivity index (χ4n) is 3.64. The fraction of sp³-hybridized carbons (Fsp3) is 0.500. The number of hydrogen-bond donors (Lipinski definition) is 0. The van der Waals surface area contributed by atoms with E-state index < -0.39 is 6.04 Å². The van der Waals surface area contributed by atoms with Crippen LogP contribution in [0.25, 0.3) is 0 Å². The lowest BCUT2D eigenvalue weighted by Crippen LogP contribution is -2.31. The van der Waals surface area contributed by atoms with Crippen molar-refractivity contribution in [3.8, 4) is 0 Å². The van der Waals surface area contributed by atoms with Crippen LogP contribution in [0.15, 0.2) is 30.3 Å². The van der Waals surface area contributed by atoms with E-state index in [1.807, 2.05) is 30.3 Å². The molecule has 2 fully saturated rings. The highest BCUT2D eigenvalue weighted by Crippen LogP contribution is 2.61. The maximum atomic E-state index is 12.3. The van der Waals surface area contributed by atoms with Crippen LogP contribution in [-0.2, 0) is 21.4 Å². The fourth-order valence-corrected chi connectivity index (χ4v) is 9.39. The molecule has 0 saturated heterocycles. The Labute approximate surface area is 125 Å². The van der Waals surface area contributed by atoms with Crippen molar-refractivity contribution >= 4 is 34.7 Å². The summed E-state index contributed by atoms with van der Waals surface area (Å²) in [4.78, 5) is 24.6. The van der Waals surface area contributed by atoms with E-state index in [2.05, 4.69) is 0 Å². The molecule has 2 aliphatic rings. The Kier molecular flexibility index (Phi) is 3.92. The first kappa shape index (κ1) is 14.2. The molecule has 0 heterocycles. The highest BCUT2D eigenvalue weighted by molar-refractivity contribution is 8.19. The van der Waals surface area contributed by atoms with E-state index in [-0.39, 0.29) is 11.3 Å². The Morgan fingerprint density at radius 2 is 1.40 bits per heavy atom. The highest BCUT2D eigenvalue weighted by Gasteiger charge is 2.46. The minimum atomic E-state index is -2.14. The van der Waals surface area contributed by atoms with Crippen LogP contribution >= 0.6 is 6.04 Å². The number of carbonyl (C=O) groups is 2. The smallest absolute Gasteiger partial charge is 0.141 e. The summed E-state index contributed by atoms with van der Waals surface area (Å²) in [7, 11) is 0. The number of rotatable bonds is 3. The van der Waals surface area contributed by atoms with Gasteiger partial charge in [0.15, 0.2) is 0 Å². The van der Waals surface area contributed by atoms with Gasteiger partial charge in [-0.25, -0.2) is 0 Å². The lowest BCUT2D eigenvalue weighted by atomic mass is 10.3. The van der Waals surface area contributed by atoms with Gasteiger partial charge >= 0.3 is 0 Å². The molecule has 1 aromatic carbocycles. The third kappa shape index (κ3) is 2.21. The van der Waals surface area contributed by atoms with Gasteiger partial charge in [0.2, 0.25) is 0 Å². The Morgan fingerprint density at radius 3 is 1.80 bits per heavy atom. The molecule has 2 atom stereocenters. The van der Waals surface area contributed by atoms with Crippen molar-refractivity contribution in [3.05, 3.63) is 30.3 Å². The molecule has 0 bridgehead atoms. The summed E-state index contributed by atoms with van der Waals surface area (Å²) in [5.74, 6) is 0.605. The quantitative estimate of drug-likeness (QED) is 0.805. The van der Waals surface area contributed by atoms with Crippen LogP contribution in [-0.4, -0.2) is 22.9 Å². The predicted molar refractivity (Wildman–Crippen MR) is 85.7 cm³/mol. The second-order valence-electron chi connectivity index (χ2n) is 5.79. The molecule has 3 rings (SSSR count). The van der Waals surface area contributed by atoms with E-state index in [1.54, 1.807) is 0 Å². The van der Waals surface area contributed by atoms with Gasteiger partial charge in [-0.3, -0.25) is 9.59 Å². The number of ketones is 2. The van der Waals surface area contributed by atoms with Gasteiger partial charge in [-0.15, -0.1) is 0 Å². The molecular weight excluding hydrogens is 287 g/mol. The minimum absolute atomic E-state index is 0.0491. The van der Waals surface area contributed by atoms with Crippen molar-refractivity contribution in [2.24, 2.45) is 0 Å². The molecule has 0 aromatic heterocycles. The van der Waals surface area contributed by atoms with Crippen LogP contribution < -0.4 is 5.30 Å². The highest BCUT2D eigenvalue weighted by atomic mass is 32.4. The topological polar surface area (TPSA) is 34.1 Å². The summed E-state index contributed by atoms with van der Waals surface area (Å²) in [6.07, 6.45) is 4.95. The molecule has 4 heteroatoms. The molecule has 106 valence electrons. The summed E-state index contributed by atoms with van der Waals surface area (Å²) in [5.41, 5.74) is -0.0982. The van der Waals surface area contributed by atoms with Crippen LogP contribution in [0.4, 0.5) is 0 Å². The van der Waals surface area contributed by atoms with Gasteiger partial charge in [0.05, 0.1) is 11.3 Å². The van der Waals surface area contributed by atoms with E-state index >= 15 is 0 Å². The van der Waals surface area contributed by atoms with Crippen molar-refractivity contribution in [1.29, 1.82) is 0 Å². The molecule has 0 spiro atoms. The molecule has 0 radical (unpaired) electrons. The number of carbonyl (C=O) groups excluding carboxylic acids is 2. The molecule has 20 heavy (non-hydrogen) atoms. The Balaban J connectivity index is 2.10. The molecule has 0 N–H and O–H groups in total. The SMILES string of the molecule is O=C1CCCC1P(=S)(c1ccccc1)C1CCCC1=O. The van der Waals surface area contributed by atoms with Gasteiger partial charge in [0.25, 0.3) is 0 Å². The summed E-state index contributed by atoms with van der Waals surface area (Å²) in [5, 5.41) is 1.09. The summed E-state index contributed by atoms with van der Waals surface area (Å²) < 4.78 is 0. The number of benzene rings is 1. The maximum Gasteiger partial charge on any atom is 0.141 e. The molecule has 0 amide bonds. The zero-order valence-electron chi connectivity index (χ0n) is 11.5. The molecule has 2 unspecified atom stereocenters. The van der Waals surface area contributed by atoms with Crippen LogP contribution in [0.5, 0.6) is 0 Å². The largest absolute Gasteiger partial charge is 0.299 e. The predicted octanol–water partition coefficient (Wildman–Crippen LogP) is 3.03. The van der Waals surface area contributed by atoms with Crippen molar-refractivity contribution in [2.75, 3.05) is 0 Å². The van der Waals surface area contributed by atoms with Gasteiger partial charge in [-0.2, -0.15) is 0 Å². The van der Waals surface area contributed by atoms with Crippen LogP contribution in [0.1, 0.15) is 38.5 Å². The average Bonchev–Trinajstić information content (AvgIpc) is 3.08. The van der Waals surface area contributed by atoms with E-state index in [0.717, 1.165) is 31.0 Å². The molecule has 2 aliphatic carbocycles. The molecule has 2 saturated carbocycles. The van der Waals surface area contributed by atoms with Gasteiger partial charge in [-0.1, -0.05) is 42.1 Å². The van der Waals surface area contributed by atoms with Gasteiger partial charge in [0, 0.05) is 18.9 Å². The second-order valence-corrected chi connectivity index (χ2v) is 10.8. The van der Waals surface area contributed by atoms with Crippen molar-refractivity contribution in [3.63, 3.8) is 0 Å². The first-order chi connectivity index (χ1) is 9.64. The lowest BCUT2D eigenvalue weighted by molar-refractivity contribution is -0.117. The zero-order valence-corrected chi connectivity index (χ0v) is 13.2. The first-order valence-electron chi connectivity index (χ1n) is 7.34. The Morgan fingerprint density at radius 1 is 0.900 bits per heavy atom. The van der Waals surface area contributed by atoms with Gasteiger partial charge in [-0.05, 0) is 31.0 Å². The first-order valence-corrected chi connectivity index (χ1v) is 10.3. The van der Waals surface area contributed by atoms with Crippen molar-refractivity contribution in [1.82, 2.24) is 0 Å². The van der Waals surface area contributed by atoms with Crippen LogP contribution in [0, 0.1) is 0 Å². The Hall–Kier alpha value is -0.790. The number of hydrogen-bond acceptors (Lipinski definition) is 3. The third-order valence-electron chi connectivity index (χ3n) is 4.63. The normalized spacial score (nSPS) is 29.6. The zero-order chi connectivity index (χ0) is 14.2. The van der Waals surface area contributed by atoms with Crippen LogP contribution in [0.3, 0.4) is 0 Å². The maximum absolute atomic E-state index is 12.3. The Bertz CT molecular complexity index is 551. The van der Waals surface area contributed by atoms with Gasteiger partial charge in [0.1, 0.15) is 11.6 Å². The van der Waals surface area contributed by atoms with Crippen molar-refractivity contribution in [2.45, 2.75) is 49.8 Å². The van der Waals surface area contributed by atoms with E-state index in [0.29, 0.717) is 24.4 Å².